The van der Waals surface area contributed by atoms with E-state index in [9.17, 15) is 9.90 Å². The quantitative estimate of drug-likeness (QED) is 0.436. The molecule has 4 aromatic rings. The van der Waals surface area contributed by atoms with Gasteiger partial charge >= 0.3 is 0 Å². The van der Waals surface area contributed by atoms with Crippen molar-refractivity contribution in [1.82, 2.24) is 15.2 Å². The van der Waals surface area contributed by atoms with Crippen molar-refractivity contribution in [2.24, 2.45) is 0 Å². The maximum atomic E-state index is 12.7. The molecule has 0 bridgehead atoms. The largest absolute Gasteiger partial charge is 0.497 e. The van der Waals surface area contributed by atoms with Crippen molar-refractivity contribution in [3.05, 3.63) is 82.3 Å². The third-order valence-corrected chi connectivity index (χ3v) is 6.69. The molecule has 1 aliphatic heterocycles. The lowest BCUT2D eigenvalue weighted by Gasteiger charge is -2.33. The van der Waals surface area contributed by atoms with E-state index in [-0.39, 0.29) is 5.43 Å². The van der Waals surface area contributed by atoms with Crippen LogP contribution in [0.4, 0.5) is 0 Å². The van der Waals surface area contributed by atoms with Gasteiger partial charge in [0.25, 0.3) is 0 Å². The minimum atomic E-state index is -0.607. The Labute approximate surface area is 198 Å². The molecule has 0 aliphatic carbocycles. The van der Waals surface area contributed by atoms with E-state index in [1.54, 1.807) is 25.6 Å². The third-order valence-electron chi connectivity index (χ3n) is 6.69. The molecule has 3 heterocycles. The summed E-state index contributed by atoms with van der Waals surface area (Å²) in [6.07, 6.45) is 4.61. The number of pyridine rings is 1. The van der Waals surface area contributed by atoms with Crippen LogP contribution in [0.25, 0.3) is 21.9 Å². The molecule has 1 fully saturated rings. The Balaban J connectivity index is 1.17. The molecule has 1 saturated heterocycles. The van der Waals surface area contributed by atoms with Gasteiger partial charge in [-0.2, -0.15) is 0 Å². The van der Waals surface area contributed by atoms with Crippen molar-refractivity contribution in [1.29, 1.82) is 0 Å². The summed E-state index contributed by atoms with van der Waals surface area (Å²) in [5.74, 6) is 0.751. The highest BCUT2D eigenvalue weighted by molar-refractivity contribution is 5.83. The summed E-state index contributed by atoms with van der Waals surface area (Å²) in [4.78, 5) is 19.4. The van der Waals surface area contributed by atoms with Gasteiger partial charge in [-0.05, 0) is 67.9 Å². The minimum Gasteiger partial charge on any atom is -0.497 e. The number of para-hydroxylation sites is 1. The van der Waals surface area contributed by atoms with E-state index < -0.39 is 6.10 Å². The van der Waals surface area contributed by atoms with E-state index in [1.807, 2.05) is 42.5 Å². The van der Waals surface area contributed by atoms with Crippen LogP contribution in [0.3, 0.4) is 0 Å². The number of benzene rings is 2. The molecule has 0 spiro atoms. The first kappa shape index (κ1) is 22.5. The molecule has 1 atom stereocenters. The number of methoxy groups -OCH3 is 1. The van der Waals surface area contributed by atoms with Crippen LogP contribution in [0.5, 0.6) is 5.75 Å². The van der Waals surface area contributed by atoms with E-state index in [2.05, 4.69) is 15.2 Å². The fraction of sp³-hybridized carbons (Fsp3) is 0.333. The molecule has 34 heavy (non-hydrogen) atoms. The van der Waals surface area contributed by atoms with Crippen molar-refractivity contribution in [2.45, 2.75) is 31.5 Å². The van der Waals surface area contributed by atoms with Crippen molar-refractivity contribution in [3.63, 3.8) is 0 Å². The highest BCUT2D eigenvalue weighted by atomic mass is 16.5. The van der Waals surface area contributed by atoms with E-state index in [1.165, 1.54) is 0 Å². The standard InChI is InChI=1S/C27H29N3O4/c1-33-20-6-7-24-23(14-20)21(8-11-28-24)25(31)16-30-12-9-19(10-13-30)29-15-18-17-34-26-5-3-2-4-22(26)27(18)32/h2-8,11,14,17,19,25,29,31H,9-10,12-13,15-16H2,1H3/t25-/m0/s1. The van der Waals surface area contributed by atoms with E-state index >= 15 is 0 Å². The number of fused-ring (bicyclic) bond motifs is 2. The first-order chi connectivity index (χ1) is 16.6. The Morgan fingerprint density at radius 3 is 2.82 bits per heavy atom. The predicted octanol–water partition coefficient (Wildman–Crippen LogP) is 3.64. The zero-order valence-electron chi connectivity index (χ0n) is 19.2. The van der Waals surface area contributed by atoms with Crippen LogP contribution in [0, 0.1) is 0 Å². The van der Waals surface area contributed by atoms with Crippen LogP contribution in [0.2, 0.25) is 0 Å². The number of hydrogen-bond donors (Lipinski definition) is 2. The van der Waals surface area contributed by atoms with Crippen LogP contribution in [0.1, 0.15) is 30.1 Å². The lowest BCUT2D eigenvalue weighted by Crippen LogP contribution is -2.43. The molecule has 2 N–H and O–H groups in total. The smallest absolute Gasteiger partial charge is 0.197 e. The summed E-state index contributed by atoms with van der Waals surface area (Å²) in [6.45, 7) is 2.82. The molecule has 0 unspecified atom stereocenters. The molecular formula is C27H29N3O4. The van der Waals surface area contributed by atoms with E-state index in [0.29, 0.717) is 35.7 Å². The zero-order valence-corrected chi connectivity index (χ0v) is 19.2. The second-order valence-corrected chi connectivity index (χ2v) is 8.84. The highest BCUT2D eigenvalue weighted by Crippen LogP contribution is 2.27. The molecule has 7 heteroatoms. The summed E-state index contributed by atoms with van der Waals surface area (Å²) in [5.41, 5.74) is 3.00. The predicted molar refractivity (Wildman–Crippen MR) is 132 cm³/mol. The summed E-state index contributed by atoms with van der Waals surface area (Å²) in [6, 6.07) is 15.3. The number of rotatable bonds is 7. The van der Waals surface area contributed by atoms with Crippen molar-refractivity contribution < 1.29 is 14.3 Å². The van der Waals surface area contributed by atoms with Gasteiger partial charge in [0.05, 0.1) is 30.4 Å². The fourth-order valence-corrected chi connectivity index (χ4v) is 4.72. The molecule has 0 amide bonds. The normalized spacial score (nSPS) is 16.2. The average molecular weight is 460 g/mol. The monoisotopic (exact) mass is 459 g/mol. The van der Waals surface area contributed by atoms with E-state index in [0.717, 1.165) is 48.1 Å². The summed E-state index contributed by atoms with van der Waals surface area (Å²) >= 11 is 0. The van der Waals surface area contributed by atoms with Crippen molar-refractivity contribution in [2.75, 3.05) is 26.7 Å². The number of aliphatic hydroxyl groups excluding tert-OH is 1. The second-order valence-electron chi connectivity index (χ2n) is 8.84. The molecule has 7 nitrogen and oxygen atoms in total. The van der Waals surface area contributed by atoms with Gasteiger partial charge < -0.3 is 24.5 Å². The van der Waals surface area contributed by atoms with Gasteiger partial charge in [-0.25, -0.2) is 0 Å². The number of nitrogens with one attached hydrogen (secondary N) is 1. The minimum absolute atomic E-state index is 0.0242. The summed E-state index contributed by atoms with van der Waals surface area (Å²) in [5, 5.41) is 16.0. The van der Waals surface area contributed by atoms with Gasteiger partial charge in [-0.3, -0.25) is 9.78 Å². The first-order valence-electron chi connectivity index (χ1n) is 11.7. The molecular weight excluding hydrogens is 430 g/mol. The number of nitrogens with zero attached hydrogens (tertiary/aromatic N) is 2. The number of hydrogen-bond acceptors (Lipinski definition) is 7. The number of aromatic nitrogens is 1. The lowest BCUT2D eigenvalue weighted by atomic mass is 10.0. The van der Waals surface area contributed by atoms with Crippen LogP contribution in [-0.2, 0) is 6.54 Å². The first-order valence-corrected chi connectivity index (χ1v) is 11.7. The number of ether oxygens (including phenoxy) is 1. The number of aliphatic hydroxyl groups is 1. The van der Waals surface area contributed by atoms with Gasteiger partial charge in [0.1, 0.15) is 11.3 Å². The Bertz CT molecular complexity index is 1340. The van der Waals surface area contributed by atoms with Crippen LogP contribution in [-0.4, -0.2) is 47.8 Å². The lowest BCUT2D eigenvalue weighted by molar-refractivity contribution is 0.0948. The zero-order chi connectivity index (χ0) is 23.5. The van der Waals surface area contributed by atoms with Crippen LogP contribution in [0.15, 0.2) is 70.2 Å². The number of β-amino-alcohol motifs (C(OH)–C–C–N with tert-alkyl or cyclic N) is 1. The van der Waals surface area contributed by atoms with E-state index in [4.69, 9.17) is 9.15 Å². The van der Waals surface area contributed by atoms with Gasteiger partial charge in [-0.1, -0.05) is 12.1 Å². The second kappa shape index (κ2) is 9.93. The van der Waals surface area contributed by atoms with Crippen LogP contribution < -0.4 is 15.5 Å². The molecule has 176 valence electrons. The molecule has 1 aliphatic rings. The Hall–Kier alpha value is -3.26. The van der Waals surface area contributed by atoms with Crippen molar-refractivity contribution >= 4 is 21.9 Å². The molecule has 5 rings (SSSR count). The van der Waals surface area contributed by atoms with Gasteiger partial charge in [0.2, 0.25) is 0 Å². The number of piperidine rings is 1. The fourth-order valence-electron chi connectivity index (χ4n) is 4.72. The highest BCUT2D eigenvalue weighted by Gasteiger charge is 2.23. The Kier molecular flexibility index (Phi) is 6.58. The Morgan fingerprint density at radius 2 is 2.00 bits per heavy atom. The maximum Gasteiger partial charge on any atom is 0.197 e. The molecule has 0 radical (unpaired) electrons. The van der Waals surface area contributed by atoms with Gasteiger partial charge in [-0.15, -0.1) is 0 Å². The van der Waals surface area contributed by atoms with Crippen molar-refractivity contribution in [3.8, 4) is 5.75 Å². The van der Waals surface area contributed by atoms with Crippen LogP contribution >= 0.6 is 0 Å². The summed E-state index contributed by atoms with van der Waals surface area (Å²) in [7, 11) is 1.64. The Morgan fingerprint density at radius 1 is 1.18 bits per heavy atom. The van der Waals surface area contributed by atoms with Gasteiger partial charge in [0, 0.05) is 36.3 Å². The van der Waals surface area contributed by atoms with Gasteiger partial charge in [0.15, 0.2) is 5.43 Å². The molecule has 2 aromatic heterocycles. The summed E-state index contributed by atoms with van der Waals surface area (Å²) < 4.78 is 11.0. The third kappa shape index (κ3) is 4.68. The molecule has 0 saturated carbocycles. The average Bonchev–Trinajstić information content (AvgIpc) is 2.88. The maximum absolute atomic E-state index is 12.7. The topological polar surface area (TPSA) is 87.8 Å². The number of likely N-dealkylation sites (tertiary alicyclic amines) is 1. The molecule has 2 aromatic carbocycles. The SMILES string of the molecule is COc1ccc2nccc([C@@H](O)CN3CCC(NCc4coc5ccccc5c4=O)CC3)c2c1.